The molecule has 0 aliphatic carbocycles. The third-order valence-corrected chi connectivity index (χ3v) is 4.10. The number of rotatable bonds is 5. The number of fused-ring (bicyclic) bond motifs is 1. The lowest BCUT2D eigenvalue weighted by Gasteiger charge is -2.17. The molecule has 1 atom stereocenters. The number of anilines is 1. The maximum atomic E-state index is 12.0. The molecule has 2 N–H and O–H groups in total. The number of ether oxygens (including phenoxy) is 1. The Morgan fingerprint density at radius 2 is 2.35 bits per heavy atom. The predicted molar refractivity (Wildman–Crippen MR) is 84.5 cm³/mol. The van der Waals surface area contributed by atoms with E-state index < -0.39 is 0 Å². The number of aryl methyl sites for hydroxylation is 1. The second kappa shape index (κ2) is 6.64. The lowest BCUT2D eigenvalue weighted by Crippen LogP contribution is -2.29. The first-order chi connectivity index (χ1) is 11.2. The Kier molecular flexibility index (Phi) is 4.40. The van der Waals surface area contributed by atoms with E-state index in [1.165, 1.54) is 4.90 Å². The van der Waals surface area contributed by atoms with E-state index in [2.05, 4.69) is 25.9 Å². The van der Waals surface area contributed by atoms with Gasteiger partial charge in [0.05, 0.1) is 0 Å². The van der Waals surface area contributed by atoms with Crippen molar-refractivity contribution in [3.8, 4) is 5.75 Å². The molecule has 1 aliphatic rings. The van der Waals surface area contributed by atoms with Crippen molar-refractivity contribution in [1.82, 2.24) is 25.5 Å². The predicted octanol–water partition coefficient (Wildman–Crippen LogP) is 1.79. The number of aromatic nitrogens is 4. The van der Waals surface area contributed by atoms with Crippen molar-refractivity contribution in [2.24, 2.45) is 0 Å². The number of benzene rings is 1. The fourth-order valence-corrected chi connectivity index (χ4v) is 2.68. The molecule has 1 amide bonds. The average molecular weight is 316 g/mol. The monoisotopic (exact) mass is 316 g/mol. The van der Waals surface area contributed by atoms with Gasteiger partial charge in [0.2, 0.25) is 0 Å². The van der Waals surface area contributed by atoms with Crippen LogP contribution in [0.15, 0.2) is 18.2 Å². The molecule has 0 saturated heterocycles. The number of hydrogen-bond acceptors (Lipinski definition) is 6. The Morgan fingerprint density at radius 3 is 3.09 bits per heavy atom. The fourth-order valence-electron chi connectivity index (χ4n) is 2.68. The molecule has 3 rings (SSSR count). The number of hydrogen-bond donors (Lipinski definition) is 2. The second-order valence-electron chi connectivity index (χ2n) is 5.54. The average Bonchev–Trinajstić information content (AvgIpc) is 3.22. The topological polar surface area (TPSA) is 96.0 Å². The molecule has 8 heteroatoms. The van der Waals surface area contributed by atoms with Crippen molar-refractivity contribution in [2.45, 2.75) is 25.7 Å². The van der Waals surface area contributed by atoms with Crippen molar-refractivity contribution < 1.29 is 9.53 Å². The first-order valence-electron chi connectivity index (χ1n) is 7.71. The second-order valence-corrected chi connectivity index (χ2v) is 5.54. The highest BCUT2D eigenvalue weighted by atomic mass is 16.6. The van der Waals surface area contributed by atoms with Crippen LogP contribution in [0, 0.1) is 0 Å². The SMILES string of the molecule is CCN(C)C(=O)Oc1cccc2c1C(CCc1nn[nH]n1)CN2. The van der Waals surface area contributed by atoms with E-state index in [-0.39, 0.29) is 12.0 Å². The molecule has 0 saturated carbocycles. The molecule has 1 unspecified atom stereocenters. The summed E-state index contributed by atoms with van der Waals surface area (Å²) < 4.78 is 5.57. The number of aromatic amines is 1. The summed E-state index contributed by atoms with van der Waals surface area (Å²) in [5.41, 5.74) is 2.07. The van der Waals surface area contributed by atoms with Crippen LogP contribution in [0.2, 0.25) is 0 Å². The first-order valence-corrected chi connectivity index (χ1v) is 7.71. The maximum Gasteiger partial charge on any atom is 0.414 e. The van der Waals surface area contributed by atoms with Gasteiger partial charge in [0.1, 0.15) is 5.75 Å². The van der Waals surface area contributed by atoms with Gasteiger partial charge in [-0.3, -0.25) is 0 Å². The zero-order valence-corrected chi connectivity index (χ0v) is 13.2. The smallest absolute Gasteiger partial charge is 0.410 e. The van der Waals surface area contributed by atoms with Gasteiger partial charge in [0.25, 0.3) is 0 Å². The molecule has 0 bridgehead atoms. The molecule has 0 spiro atoms. The van der Waals surface area contributed by atoms with Crippen molar-refractivity contribution in [3.05, 3.63) is 29.6 Å². The van der Waals surface area contributed by atoms with E-state index in [4.69, 9.17) is 4.74 Å². The molecule has 2 aromatic rings. The van der Waals surface area contributed by atoms with Gasteiger partial charge in [0, 0.05) is 43.7 Å². The number of nitrogens with one attached hydrogen (secondary N) is 2. The largest absolute Gasteiger partial charge is 0.414 e. The van der Waals surface area contributed by atoms with E-state index in [1.807, 2.05) is 25.1 Å². The van der Waals surface area contributed by atoms with Gasteiger partial charge in [-0.2, -0.15) is 5.21 Å². The number of tetrazole rings is 1. The minimum atomic E-state index is -0.343. The standard InChI is InChI=1S/C15H20N6O2/c1-3-21(2)15(22)23-12-6-4-5-11-14(12)10(9-16-11)7-8-13-17-19-20-18-13/h4-6,10,16H,3,7-9H2,1-2H3,(H,17,18,19,20). The van der Waals surface area contributed by atoms with Gasteiger partial charge in [-0.15, -0.1) is 10.2 Å². The molecule has 0 fully saturated rings. The third-order valence-electron chi connectivity index (χ3n) is 4.10. The normalized spacial score (nSPS) is 15.8. The lowest BCUT2D eigenvalue weighted by atomic mass is 9.95. The Morgan fingerprint density at radius 1 is 1.48 bits per heavy atom. The molecule has 23 heavy (non-hydrogen) atoms. The van der Waals surface area contributed by atoms with Gasteiger partial charge < -0.3 is 15.0 Å². The van der Waals surface area contributed by atoms with Crippen LogP contribution < -0.4 is 10.1 Å². The van der Waals surface area contributed by atoms with Crippen molar-refractivity contribution >= 4 is 11.8 Å². The summed E-state index contributed by atoms with van der Waals surface area (Å²) in [5, 5.41) is 17.4. The molecule has 1 aromatic carbocycles. The van der Waals surface area contributed by atoms with Crippen LogP contribution in [-0.2, 0) is 6.42 Å². The Hall–Kier alpha value is -2.64. The zero-order chi connectivity index (χ0) is 16.2. The summed E-state index contributed by atoms with van der Waals surface area (Å²) in [6.45, 7) is 3.32. The number of carbonyl (C=O) groups excluding carboxylic acids is 1. The highest BCUT2D eigenvalue weighted by Gasteiger charge is 2.27. The fraction of sp³-hybridized carbons (Fsp3) is 0.467. The summed E-state index contributed by atoms with van der Waals surface area (Å²) in [6, 6.07) is 5.74. The van der Waals surface area contributed by atoms with Gasteiger partial charge in [0.15, 0.2) is 5.82 Å². The lowest BCUT2D eigenvalue weighted by molar-refractivity contribution is 0.164. The highest BCUT2D eigenvalue weighted by molar-refractivity contribution is 5.73. The first kappa shape index (κ1) is 15.3. The minimum Gasteiger partial charge on any atom is -0.410 e. The molecule has 2 heterocycles. The number of nitrogens with zero attached hydrogens (tertiary/aromatic N) is 4. The van der Waals surface area contributed by atoms with Crippen molar-refractivity contribution in [1.29, 1.82) is 0 Å². The molecule has 1 aliphatic heterocycles. The summed E-state index contributed by atoms with van der Waals surface area (Å²) in [5.74, 6) is 1.56. The summed E-state index contributed by atoms with van der Waals surface area (Å²) in [7, 11) is 1.72. The number of carbonyl (C=O) groups is 1. The minimum absolute atomic E-state index is 0.249. The molecule has 0 radical (unpaired) electrons. The van der Waals surface area contributed by atoms with Crippen LogP contribution in [0.3, 0.4) is 0 Å². The van der Waals surface area contributed by atoms with Crippen LogP contribution in [0.1, 0.15) is 30.7 Å². The van der Waals surface area contributed by atoms with Crippen LogP contribution in [0.5, 0.6) is 5.75 Å². The third kappa shape index (κ3) is 3.25. The highest BCUT2D eigenvalue weighted by Crippen LogP contribution is 2.40. The van der Waals surface area contributed by atoms with E-state index >= 15 is 0 Å². The number of H-pyrrole nitrogens is 1. The molecular formula is C15H20N6O2. The van der Waals surface area contributed by atoms with E-state index in [0.29, 0.717) is 18.1 Å². The molecular weight excluding hydrogens is 296 g/mol. The van der Waals surface area contributed by atoms with E-state index in [9.17, 15) is 4.79 Å². The van der Waals surface area contributed by atoms with Gasteiger partial charge in [-0.25, -0.2) is 4.79 Å². The van der Waals surface area contributed by atoms with Crippen LogP contribution >= 0.6 is 0 Å². The van der Waals surface area contributed by atoms with Gasteiger partial charge in [-0.1, -0.05) is 11.3 Å². The molecule has 1 aromatic heterocycles. The maximum absolute atomic E-state index is 12.0. The quantitative estimate of drug-likeness (QED) is 0.873. The number of amides is 1. The Balaban J connectivity index is 1.75. The van der Waals surface area contributed by atoms with E-state index in [1.54, 1.807) is 7.05 Å². The Bertz CT molecular complexity index is 673. The summed E-state index contributed by atoms with van der Waals surface area (Å²) >= 11 is 0. The summed E-state index contributed by atoms with van der Waals surface area (Å²) in [4.78, 5) is 13.6. The van der Waals surface area contributed by atoms with Gasteiger partial charge >= 0.3 is 6.09 Å². The van der Waals surface area contributed by atoms with Crippen LogP contribution in [-0.4, -0.2) is 51.8 Å². The Labute approximate surface area is 134 Å². The summed E-state index contributed by atoms with van der Waals surface area (Å²) in [6.07, 6.45) is 1.24. The van der Waals surface area contributed by atoms with Crippen molar-refractivity contribution in [3.63, 3.8) is 0 Å². The van der Waals surface area contributed by atoms with Crippen LogP contribution in [0.4, 0.5) is 10.5 Å². The van der Waals surface area contributed by atoms with Gasteiger partial charge in [-0.05, 0) is 25.5 Å². The molecule has 122 valence electrons. The zero-order valence-electron chi connectivity index (χ0n) is 13.2. The van der Waals surface area contributed by atoms with Crippen molar-refractivity contribution in [2.75, 3.05) is 25.5 Å². The van der Waals surface area contributed by atoms with Crippen LogP contribution in [0.25, 0.3) is 0 Å². The van der Waals surface area contributed by atoms with E-state index in [0.717, 1.165) is 30.6 Å². The molecule has 8 nitrogen and oxygen atoms in total.